The molecule has 146 valence electrons. The number of nitrogens with zero attached hydrogens (tertiary/aromatic N) is 1. The number of likely N-dealkylation sites (tertiary alicyclic amines) is 1. The molecule has 0 amide bonds. The minimum absolute atomic E-state index is 0.382. The minimum Gasteiger partial charge on any atom is -0.491 e. The first-order valence-electron chi connectivity index (χ1n) is 10.2. The van der Waals surface area contributed by atoms with Gasteiger partial charge < -0.3 is 14.7 Å². The van der Waals surface area contributed by atoms with Gasteiger partial charge in [-0.2, -0.15) is 0 Å². The van der Waals surface area contributed by atoms with E-state index in [1.54, 1.807) is 0 Å². The summed E-state index contributed by atoms with van der Waals surface area (Å²) in [5, 5.41) is 11.0. The topological polar surface area (TPSA) is 32.7 Å². The van der Waals surface area contributed by atoms with Gasteiger partial charge in [0.2, 0.25) is 0 Å². The molecule has 0 radical (unpaired) electrons. The lowest BCUT2D eigenvalue weighted by molar-refractivity contribution is -0.0167. The second-order valence-corrected chi connectivity index (χ2v) is 8.04. The number of hydrogen-bond donors (Lipinski definition) is 1. The SMILES string of the molecule is Cc1ccc(OCC2(O)CCCN(CCCc3ccccc3)CC2)cc1C. The lowest BCUT2D eigenvalue weighted by atomic mass is 9.96. The molecule has 2 aromatic rings. The third kappa shape index (κ3) is 6.08. The summed E-state index contributed by atoms with van der Waals surface area (Å²) in [6.07, 6.45) is 4.91. The van der Waals surface area contributed by atoms with E-state index in [0.717, 1.165) is 51.1 Å². The Bertz CT molecular complexity index is 716. The van der Waals surface area contributed by atoms with Gasteiger partial charge in [-0.25, -0.2) is 0 Å². The molecule has 3 rings (SSSR count). The maximum atomic E-state index is 11.0. The third-order valence-electron chi connectivity index (χ3n) is 5.78. The summed E-state index contributed by atoms with van der Waals surface area (Å²) in [6.45, 7) is 7.69. The van der Waals surface area contributed by atoms with Crippen molar-refractivity contribution in [1.82, 2.24) is 4.90 Å². The number of rotatable bonds is 7. The zero-order valence-electron chi connectivity index (χ0n) is 16.8. The molecule has 3 heteroatoms. The minimum atomic E-state index is -0.715. The summed E-state index contributed by atoms with van der Waals surface area (Å²) in [6, 6.07) is 16.8. The Hall–Kier alpha value is -1.84. The van der Waals surface area contributed by atoms with E-state index in [0.29, 0.717) is 6.61 Å². The number of benzene rings is 2. The highest BCUT2D eigenvalue weighted by Crippen LogP contribution is 2.25. The van der Waals surface area contributed by atoms with Crippen molar-refractivity contribution in [3.63, 3.8) is 0 Å². The molecule has 0 spiro atoms. The lowest BCUT2D eigenvalue weighted by Gasteiger charge is -2.27. The van der Waals surface area contributed by atoms with Gasteiger partial charge in [-0.05, 0) is 87.9 Å². The van der Waals surface area contributed by atoms with E-state index in [1.165, 1.54) is 23.1 Å². The summed E-state index contributed by atoms with van der Waals surface area (Å²) in [7, 11) is 0. The van der Waals surface area contributed by atoms with Gasteiger partial charge in [-0.15, -0.1) is 0 Å². The van der Waals surface area contributed by atoms with Crippen molar-refractivity contribution in [2.75, 3.05) is 26.2 Å². The summed E-state index contributed by atoms with van der Waals surface area (Å²) >= 11 is 0. The number of aryl methyl sites for hydroxylation is 3. The van der Waals surface area contributed by atoms with Crippen LogP contribution >= 0.6 is 0 Å². The van der Waals surface area contributed by atoms with Crippen LogP contribution in [0.2, 0.25) is 0 Å². The summed E-state index contributed by atoms with van der Waals surface area (Å²) < 4.78 is 5.95. The fourth-order valence-electron chi connectivity index (χ4n) is 3.78. The summed E-state index contributed by atoms with van der Waals surface area (Å²) in [4.78, 5) is 2.50. The van der Waals surface area contributed by atoms with E-state index < -0.39 is 5.60 Å². The van der Waals surface area contributed by atoms with E-state index in [1.807, 2.05) is 6.07 Å². The predicted molar refractivity (Wildman–Crippen MR) is 111 cm³/mol. The largest absolute Gasteiger partial charge is 0.491 e. The summed E-state index contributed by atoms with van der Waals surface area (Å²) in [5.41, 5.74) is 3.18. The molecule has 1 heterocycles. The van der Waals surface area contributed by atoms with Crippen molar-refractivity contribution in [2.45, 2.75) is 51.6 Å². The van der Waals surface area contributed by atoms with Crippen molar-refractivity contribution < 1.29 is 9.84 Å². The van der Waals surface area contributed by atoms with Crippen molar-refractivity contribution in [2.24, 2.45) is 0 Å². The van der Waals surface area contributed by atoms with Gasteiger partial charge in [0, 0.05) is 6.54 Å². The van der Waals surface area contributed by atoms with Crippen LogP contribution in [0.3, 0.4) is 0 Å². The molecule has 0 aromatic heterocycles. The average molecular weight is 368 g/mol. The van der Waals surface area contributed by atoms with Gasteiger partial charge in [0.05, 0.1) is 5.60 Å². The van der Waals surface area contributed by atoms with Crippen molar-refractivity contribution in [1.29, 1.82) is 0 Å². The van der Waals surface area contributed by atoms with Gasteiger partial charge in [0.15, 0.2) is 0 Å². The molecule has 1 saturated heterocycles. The van der Waals surface area contributed by atoms with Crippen LogP contribution in [0.4, 0.5) is 0 Å². The van der Waals surface area contributed by atoms with Gasteiger partial charge in [0.1, 0.15) is 12.4 Å². The highest BCUT2D eigenvalue weighted by molar-refractivity contribution is 5.33. The Morgan fingerprint density at radius 2 is 1.81 bits per heavy atom. The standard InChI is InChI=1S/C24H33NO2/c1-20-11-12-23(18-21(20)2)27-19-24(26)13-7-16-25(17-14-24)15-6-10-22-8-4-3-5-9-22/h3-5,8-9,11-12,18,26H,6-7,10,13-17,19H2,1-2H3. The van der Waals surface area contributed by atoms with Crippen LogP contribution in [0.5, 0.6) is 5.75 Å². The Kier molecular flexibility index (Phi) is 6.92. The van der Waals surface area contributed by atoms with Crippen molar-refractivity contribution in [3.05, 3.63) is 65.2 Å². The molecular weight excluding hydrogens is 334 g/mol. The van der Waals surface area contributed by atoms with E-state index in [-0.39, 0.29) is 0 Å². The smallest absolute Gasteiger partial charge is 0.119 e. The molecule has 1 aliphatic rings. The van der Waals surface area contributed by atoms with Gasteiger partial charge in [0.25, 0.3) is 0 Å². The Morgan fingerprint density at radius 3 is 2.59 bits per heavy atom. The van der Waals surface area contributed by atoms with Crippen LogP contribution in [0.25, 0.3) is 0 Å². The normalized spacial score (nSPS) is 21.0. The van der Waals surface area contributed by atoms with Crippen molar-refractivity contribution in [3.8, 4) is 5.75 Å². The first kappa shape index (κ1) is 19.9. The molecule has 0 aliphatic carbocycles. The molecule has 1 atom stereocenters. The maximum Gasteiger partial charge on any atom is 0.119 e. The molecule has 2 aromatic carbocycles. The van der Waals surface area contributed by atoms with E-state index in [4.69, 9.17) is 4.74 Å². The van der Waals surface area contributed by atoms with Crippen LogP contribution in [0.1, 0.15) is 42.4 Å². The Labute approximate surface area is 164 Å². The highest BCUT2D eigenvalue weighted by Gasteiger charge is 2.31. The predicted octanol–water partition coefficient (Wildman–Crippen LogP) is 4.53. The van der Waals surface area contributed by atoms with Gasteiger partial charge in [-0.1, -0.05) is 36.4 Å². The van der Waals surface area contributed by atoms with Crippen LogP contribution in [0, 0.1) is 13.8 Å². The van der Waals surface area contributed by atoms with E-state index in [2.05, 4.69) is 61.2 Å². The molecule has 3 nitrogen and oxygen atoms in total. The van der Waals surface area contributed by atoms with Crippen LogP contribution in [-0.4, -0.2) is 41.8 Å². The number of hydrogen-bond acceptors (Lipinski definition) is 3. The van der Waals surface area contributed by atoms with Crippen LogP contribution < -0.4 is 4.74 Å². The maximum absolute atomic E-state index is 11.0. The molecular formula is C24H33NO2. The highest BCUT2D eigenvalue weighted by atomic mass is 16.5. The second-order valence-electron chi connectivity index (χ2n) is 8.04. The molecule has 1 aliphatic heterocycles. The zero-order chi connectivity index (χ0) is 19.1. The Morgan fingerprint density at radius 1 is 1.00 bits per heavy atom. The fraction of sp³-hybridized carbons (Fsp3) is 0.500. The number of aliphatic hydroxyl groups is 1. The quantitative estimate of drug-likeness (QED) is 0.780. The van der Waals surface area contributed by atoms with E-state index >= 15 is 0 Å². The molecule has 1 fully saturated rings. The molecule has 1 N–H and O–H groups in total. The second kappa shape index (κ2) is 9.38. The zero-order valence-corrected chi connectivity index (χ0v) is 16.8. The molecule has 27 heavy (non-hydrogen) atoms. The van der Waals surface area contributed by atoms with Gasteiger partial charge >= 0.3 is 0 Å². The summed E-state index contributed by atoms with van der Waals surface area (Å²) in [5.74, 6) is 0.857. The first-order valence-corrected chi connectivity index (χ1v) is 10.2. The van der Waals surface area contributed by atoms with Crippen LogP contribution in [-0.2, 0) is 6.42 Å². The Balaban J connectivity index is 1.44. The van der Waals surface area contributed by atoms with Crippen molar-refractivity contribution >= 4 is 0 Å². The number of ether oxygens (including phenoxy) is 1. The monoisotopic (exact) mass is 367 g/mol. The molecule has 0 saturated carbocycles. The fourth-order valence-corrected chi connectivity index (χ4v) is 3.78. The van der Waals surface area contributed by atoms with E-state index in [9.17, 15) is 5.11 Å². The molecule has 1 unspecified atom stereocenters. The van der Waals surface area contributed by atoms with Gasteiger partial charge in [-0.3, -0.25) is 0 Å². The lowest BCUT2D eigenvalue weighted by Crippen LogP contribution is -2.37. The molecule has 0 bridgehead atoms. The average Bonchev–Trinajstić information content (AvgIpc) is 2.86. The third-order valence-corrected chi connectivity index (χ3v) is 5.78. The van der Waals surface area contributed by atoms with Crippen LogP contribution in [0.15, 0.2) is 48.5 Å². The first-order chi connectivity index (χ1) is 13.0.